The lowest BCUT2D eigenvalue weighted by Gasteiger charge is -2.11. The molecule has 21 heavy (non-hydrogen) atoms. The van der Waals surface area contributed by atoms with Crippen LogP contribution in [0.2, 0.25) is 0 Å². The molecular weight excluding hydrogens is 290 g/mol. The smallest absolute Gasteiger partial charge is 0.335 e. The van der Waals surface area contributed by atoms with E-state index in [0.717, 1.165) is 4.90 Å². The Bertz CT molecular complexity index is 607. The standard InChI is InChI=1S/C15H15NO4S/c1-10(13-3-2-8-20-13)16-14(17)9-21-12-6-4-11(5-7-12)15(18)19/h2-8,10H,9H2,1H3,(H,16,17)(H,18,19). The average Bonchev–Trinajstić information content (AvgIpc) is 3.00. The van der Waals surface area contributed by atoms with Crippen LogP contribution in [0.15, 0.2) is 52.0 Å². The zero-order valence-electron chi connectivity index (χ0n) is 11.4. The van der Waals surface area contributed by atoms with Gasteiger partial charge in [-0.05, 0) is 43.3 Å². The first-order valence-electron chi connectivity index (χ1n) is 6.35. The number of carboxylic acids is 1. The van der Waals surface area contributed by atoms with Crippen molar-refractivity contribution in [1.82, 2.24) is 5.32 Å². The van der Waals surface area contributed by atoms with Crippen molar-refractivity contribution < 1.29 is 19.1 Å². The van der Waals surface area contributed by atoms with E-state index in [1.54, 1.807) is 24.5 Å². The predicted molar refractivity (Wildman–Crippen MR) is 79.4 cm³/mol. The summed E-state index contributed by atoms with van der Waals surface area (Å²) in [5.41, 5.74) is 0.232. The Kier molecular flexibility index (Phi) is 5.05. The second-order valence-electron chi connectivity index (χ2n) is 4.42. The zero-order valence-corrected chi connectivity index (χ0v) is 12.2. The topological polar surface area (TPSA) is 79.5 Å². The van der Waals surface area contributed by atoms with Crippen LogP contribution in [-0.4, -0.2) is 22.7 Å². The van der Waals surface area contributed by atoms with E-state index >= 15 is 0 Å². The molecule has 2 aromatic rings. The van der Waals surface area contributed by atoms with Crippen LogP contribution in [0, 0.1) is 0 Å². The molecule has 5 nitrogen and oxygen atoms in total. The molecule has 0 aliphatic rings. The molecule has 0 saturated heterocycles. The number of thioether (sulfide) groups is 1. The van der Waals surface area contributed by atoms with E-state index in [1.807, 2.05) is 13.0 Å². The zero-order chi connectivity index (χ0) is 15.2. The summed E-state index contributed by atoms with van der Waals surface area (Å²) >= 11 is 1.35. The highest BCUT2D eigenvalue weighted by Crippen LogP contribution is 2.19. The number of nitrogens with one attached hydrogen (secondary N) is 1. The SMILES string of the molecule is CC(NC(=O)CSc1ccc(C(=O)O)cc1)c1ccco1. The fourth-order valence-corrected chi connectivity index (χ4v) is 2.44. The van der Waals surface area contributed by atoms with Crippen LogP contribution >= 0.6 is 11.8 Å². The molecule has 2 N–H and O–H groups in total. The van der Waals surface area contributed by atoms with Gasteiger partial charge in [0.1, 0.15) is 5.76 Å². The van der Waals surface area contributed by atoms with Crippen LogP contribution in [0.5, 0.6) is 0 Å². The van der Waals surface area contributed by atoms with Gasteiger partial charge < -0.3 is 14.8 Å². The van der Waals surface area contributed by atoms with Crippen molar-refractivity contribution in [2.45, 2.75) is 17.9 Å². The van der Waals surface area contributed by atoms with Gasteiger partial charge in [0.05, 0.1) is 23.6 Å². The first-order chi connectivity index (χ1) is 10.1. The number of carboxylic acid groups (broad SMARTS) is 1. The largest absolute Gasteiger partial charge is 0.478 e. The number of carbonyl (C=O) groups is 2. The van der Waals surface area contributed by atoms with Gasteiger partial charge in [-0.2, -0.15) is 0 Å². The van der Waals surface area contributed by atoms with E-state index in [2.05, 4.69) is 5.32 Å². The van der Waals surface area contributed by atoms with Crippen molar-refractivity contribution in [3.63, 3.8) is 0 Å². The molecule has 1 amide bonds. The van der Waals surface area contributed by atoms with Gasteiger partial charge in [-0.1, -0.05) is 0 Å². The minimum atomic E-state index is -0.962. The number of rotatable bonds is 6. The number of aromatic carboxylic acids is 1. The number of furan rings is 1. The monoisotopic (exact) mass is 305 g/mol. The molecule has 0 spiro atoms. The Morgan fingerprint density at radius 3 is 2.57 bits per heavy atom. The lowest BCUT2D eigenvalue weighted by atomic mass is 10.2. The van der Waals surface area contributed by atoms with E-state index in [9.17, 15) is 9.59 Å². The van der Waals surface area contributed by atoms with Crippen LogP contribution < -0.4 is 5.32 Å². The molecule has 0 aliphatic heterocycles. The van der Waals surface area contributed by atoms with Crippen molar-refractivity contribution in [3.05, 3.63) is 54.0 Å². The van der Waals surface area contributed by atoms with Gasteiger partial charge in [-0.15, -0.1) is 11.8 Å². The third kappa shape index (κ3) is 4.39. The average molecular weight is 305 g/mol. The van der Waals surface area contributed by atoms with Gasteiger partial charge in [0.25, 0.3) is 0 Å². The molecule has 1 unspecified atom stereocenters. The maximum Gasteiger partial charge on any atom is 0.335 e. The van der Waals surface area contributed by atoms with E-state index in [0.29, 0.717) is 5.76 Å². The summed E-state index contributed by atoms with van der Waals surface area (Å²) in [6.45, 7) is 1.85. The van der Waals surface area contributed by atoms with E-state index < -0.39 is 5.97 Å². The minimum Gasteiger partial charge on any atom is -0.478 e. The molecule has 0 aliphatic carbocycles. The molecule has 2 rings (SSSR count). The molecule has 110 valence electrons. The first kappa shape index (κ1) is 15.2. The molecule has 6 heteroatoms. The maximum absolute atomic E-state index is 11.8. The number of carbonyl (C=O) groups excluding carboxylic acids is 1. The van der Waals surface area contributed by atoms with Gasteiger partial charge in [0.2, 0.25) is 5.91 Å². The highest BCUT2D eigenvalue weighted by atomic mass is 32.2. The highest BCUT2D eigenvalue weighted by molar-refractivity contribution is 8.00. The number of amides is 1. The van der Waals surface area contributed by atoms with Crippen molar-refractivity contribution in [2.24, 2.45) is 0 Å². The van der Waals surface area contributed by atoms with E-state index in [1.165, 1.54) is 23.9 Å². The summed E-state index contributed by atoms with van der Waals surface area (Å²) in [6, 6.07) is 9.83. The lowest BCUT2D eigenvalue weighted by molar-refractivity contribution is -0.119. The van der Waals surface area contributed by atoms with Crippen LogP contribution in [0.1, 0.15) is 29.1 Å². The highest BCUT2D eigenvalue weighted by Gasteiger charge is 2.12. The molecule has 1 heterocycles. The fraction of sp³-hybridized carbons (Fsp3) is 0.200. The van der Waals surface area contributed by atoms with Gasteiger partial charge in [-0.25, -0.2) is 4.79 Å². The quantitative estimate of drug-likeness (QED) is 0.802. The Balaban J connectivity index is 1.82. The van der Waals surface area contributed by atoms with E-state index in [-0.39, 0.29) is 23.3 Å². The van der Waals surface area contributed by atoms with Gasteiger partial charge in [0, 0.05) is 4.90 Å². The second-order valence-corrected chi connectivity index (χ2v) is 5.47. The fourth-order valence-electron chi connectivity index (χ4n) is 1.73. The Morgan fingerprint density at radius 2 is 2.00 bits per heavy atom. The Hall–Kier alpha value is -2.21. The number of hydrogen-bond donors (Lipinski definition) is 2. The summed E-state index contributed by atoms with van der Waals surface area (Å²) in [7, 11) is 0. The van der Waals surface area contributed by atoms with Crippen LogP contribution in [0.3, 0.4) is 0 Å². The molecule has 1 aromatic heterocycles. The van der Waals surface area contributed by atoms with Crippen molar-refractivity contribution >= 4 is 23.6 Å². The molecular formula is C15H15NO4S. The van der Waals surface area contributed by atoms with E-state index in [4.69, 9.17) is 9.52 Å². The van der Waals surface area contributed by atoms with Crippen molar-refractivity contribution in [1.29, 1.82) is 0 Å². The summed E-state index contributed by atoms with van der Waals surface area (Å²) in [5.74, 6) is -0.0979. The third-order valence-corrected chi connectivity index (χ3v) is 3.83. The normalized spacial score (nSPS) is 11.9. The molecule has 0 bridgehead atoms. The molecule has 0 radical (unpaired) electrons. The Morgan fingerprint density at radius 1 is 1.29 bits per heavy atom. The lowest BCUT2D eigenvalue weighted by Crippen LogP contribution is -2.27. The van der Waals surface area contributed by atoms with Gasteiger partial charge in [0.15, 0.2) is 0 Å². The van der Waals surface area contributed by atoms with Gasteiger partial charge >= 0.3 is 5.97 Å². The summed E-state index contributed by atoms with van der Waals surface area (Å²) in [5, 5.41) is 11.6. The third-order valence-electron chi connectivity index (χ3n) is 2.82. The van der Waals surface area contributed by atoms with Gasteiger partial charge in [-0.3, -0.25) is 4.79 Å². The van der Waals surface area contributed by atoms with Crippen molar-refractivity contribution in [3.8, 4) is 0 Å². The molecule has 0 saturated carbocycles. The summed E-state index contributed by atoms with van der Waals surface area (Å²) < 4.78 is 5.22. The first-order valence-corrected chi connectivity index (χ1v) is 7.34. The number of benzene rings is 1. The van der Waals surface area contributed by atoms with Crippen LogP contribution in [0.25, 0.3) is 0 Å². The predicted octanol–water partition coefficient (Wildman–Crippen LogP) is 2.95. The van der Waals surface area contributed by atoms with Crippen LogP contribution in [0.4, 0.5) is 0 Å². The summed E-state index contributed by atoms with van der Waals surface area (Å²) in [4.78, 5) is 23.4. The molecule has 1 aromatic carbocycles. The molecule has 0 fully saturated rings. The minimum absolute atomic E-state index is 0.105. The van der Waals surface area contributed by atoms with Crippen LogP contribution in [-0.2, 0) is 4.79 Å². The Labute approximate surface area is 126 Å². The molecule has 1 atom stereocenters. The second kappa shape index (κ2) is 6.99. The number of hydrogen-bond acceptors (Lipinski definition) is 4. The maximum atomic E-state index is 11.8. The van der Waals surface area contributed by atoms with Crippen molar-refractivity contribution in [2.75, 3.05) is 5.75 Å². The summed E-state index contributed by atoms with van der Waals surface area (Å²) in [6.07, 6.45) is 1.57.